The number of amides is 1. The SMILES string of the molecule is CCn1ccc(CNC(=O)CCn2nc(C)cc2C)n1. The van der Waals surface area contributed by atoms with Crippen LogP contribution in [0.3, 0.4) is 0 Å². The average Bonchev–Trinajstić information content (AvgIpc) is 3.00. The van der Waals surface area contributed by atoms with Gasteiger partial charge in [-0.15, -0.1) is 0 Å². The van der Waals surface area contributed by atoms with E-state index in [9.17, 15) is 4.79 Å². The summed E-state index contributed by atoms with van der Waals surface area (Å²) in [6.07, 6.45) is 2.34. The minimum absolute atomic E-state index is 0.0172. The summed E-state index contributed by atoms with van der Waals surface area (Å²) in [5, 5.41) is 11.5. The summed E-state index contributed by atoms with van der Waals surface area (Å²) in [6, 6.07) is 3.93. The van der Waals surface area contributed by atoms with Crippen LogP contribution in [0.2, 0.25) is 0 Å². The van der Waals surface area contributed by atoms with Gasteiger partial charge < -0.3 is 5.32 Å². The summed E-state index contributed by atoms with van der Waals surface area (Å²) in [4.78, 5) is 11.8. The number of rotatable bonds is 6. The zero-order chi connectivity index (χ0) is 14.5. The lowest BCUT2D eigenvalue weighted by Gasteiger charge is -2.05. The van der Waals surface area contributed by atoms with Crippen LogP contribution in [-0.4, -0.2) is 25.5 Å². The molecule has 0 aliphatic heterocycles. The lowest BCUT2D eigenvalue weighted by atomic mass is 10.3. The molecule has 0 bridgehead atoms. The van der Waals surface area contributed by atoms with Gasteiger partial charge in [0.05, 0.1) is 17.9 Å². The van der Waals surface area contributed by atoms with Gasteiger partial charge in [-0.25, -0.2) is 0 Å². The Bertz CT molecular complexity index is 584. The maximum absolute atomic E-state index is 11.8. The van der Waals surface area contributed by atoms with Gasteiger partial charge in [-0.2, -0.15) is 10.2 Å². The van der Waals surface area contributed by atoms with E-state index in [1.807, 2.05) is 48.5 Å². The molecule has 6 nitrogen and oxygen atoms in total. The fourth-order valence-electron chi connectivity index (χ4n) is 2.06. The van der Waals surface area contributed by atoms with Crippen LogP contribution in [0.1, 0.15) is 30.4 Å². The molecule has 2 heterocycles. The first-order chi connectivity index (χ1) is 9.58. The molecule has 108 valence electrons. The molecule has 0 unspecified atom stereocenters. The Morgan fingerprint density at radius 2 is 2.15 bits per heavy atom. The Balaban J connectivity index is 1.76. The second-order valence-electron chi connectivity index (χ2n) is 4.84. The quantitative estimate of drug-likeness (QED) is 0.867. The molecule has 2 aromatic rings. The first-order valence-electron chi connectivity index (χ1n) is 6.88. The maximum atomic E-state index is 11.8. The summed E-state index contributed by atoms with van der Waals surface area (Å²) in [6.45, 7) is 7.90. The van der Waals surface area contributed by atoms with E-state index in [0.29, 0.717) is 19.5 Å². The van der Waals surface area contributed by atoms with Crippen molar-refractivity contribution < 1.29 is 4.79 Å². The van der Waals surface area contributed by atoms with E-state index < -0.39 is 0 Å². The monoisotopic (exact) mass is 275 g/mol. The largest absolute Gasteiger partial charge is 0.350 e. The van der Waals surface area contributed by atoms with E-state index in [1.165, 1.54) is 0 Å². The molecule has 0 aromatic carbocycles. The molecule has 0 fully saturated rings. The number of aromatic nitrogens is 4. The van der Waals surface area contributed by atoms with Crippen LogP contribution in [-0.2, 0) is 24.4 Å². The summed E-state index contributed by atoms with van der Waals surface area (Å²) in [5.74, 6) is 0.0172. The average molecular weight is 275 g/mol. The lowest BCUT2D eigenvalue weighted by Crippen LogP contribution is -2.24. The van der Waals surface area contributed by atoms with Gasteiger partial charge in [-0.05, 0) is 32.9 Å². The highest BCUT2D eigenvalue weighted by molar-refractivity contribution is 5.75. The number of carbonyl (C=O) groups excluding carboxylic acids is 1. The van der Waals surface area contributed by atoms with Gasteiger partial charge in [0, 0.05) is 31.4 Å². The van der Waals surface area contributed by atoms with Crippen molar-refractivity contribution >= 4 is 5.91 Å². The van der Waals surface area contributed by atoms with Crippen molar-refractivity contribution in [2.75, 3.05) is 0 Å². The van der Waals surface area contributed by atoms with E-state index in [4.69, 9.17) is 0 Å². The first kappa shape index (κ1) is 14.3. The molecule has 0 aliphatic rings. The number of hydrogen-bond donors (Lipinski definition) is 1. The molecule has 0 aliphatic carbocycles. The van der Waals surface area contributed by atoms with Crippen molar-refractivity contribution in [2.45, 2.75) is 46.8 Å². The third-order valence-electron chi connectivity index (χ3n) is 3.14. The Morgan fingerprint density at radius 3 is 2.75 bits per heavy atom. The normalized spacial score (nSPS) is 10.8. The number of nitrogens with one attached hydrogen (secondary N) is 1. The van der Waals surface area contributed by atoms with Crippen LogP contribution < -0.4 is 5.32 Å². The number of nitrogens with zero attached hydrogens (tertiary/aromatic N) is 4. The maximum Gasteiger partial charge on any atom is 0.222 e. The molecule has 1 N–H and O–H groups in total. The Labute approximate surface area is 118 Å². The van der Waals surface area contributed by atoms with Gasteiger partial charge in [0.1, 0.15) is 0 Å². The highest BCUT2D eigenvalue weighted by Gasteiger charge is 2.06. The van der Waals surface area contributed by atoms with Gasteiger partial charge in [0.15, 0.2) is 0 Å². The summed E-state index contributed by atoms with van der Waals surface area (Å²) in [7, 11) is 0. The van der Waals surface area contributed by atoms with E-state index in [-0.39, 0.29) is 5.91 Å². The highest BCUT2D eigenvalue weighted by atomic mass is 16.1. The Kier molecular flexibility index (Phi) is 4.55. The van der Waals surface area contributed by atoms with Crippen LogP contribution >= 0.6 is 0 Å². The predicted octanol–water partition coefficient (Wildman–Crippen LogP) is 1.42. The predicted molar refractivity (Wildman–Crippen MR) is 76.1 cm³/mol. The van der Waals surface area contributed by atoms with Gasteiger partial charge >= 0.3 is 0 Å². The zero-order valence-corrected chi connectivity index (χ0v) is 12.3. The molecule has 20 heavy (non-hydrogen) atoms. The fourth-order valence-corrected chi connectivity index (χ4v) is 2.06. The smallest absolute Gasteiger partial charge is 0.222 e. The minimum atomic E-state index is 0.0172. The standard InChI is InChI=1S/C14H21N5O/c1-4-18-7-5-13(17-18)10-15-14(20)6-8-19-12(3)9-11(2)16-19/h5,7,9H,4,6,8,10H2,1-3H3,(H,15,20). The van der Waals surface area contributed by atoms with Gasteiger partial charge in [0.2, 0.25) is 5.91 Å². The molecule has 0 saturated carbocycles. The van der Waals surface area contributed by atoms with E-state index >= 15 is 0 Å². The molecule has 6 heteroatoms. The van der Waals surface area contributed by atoms with Crippen LogP contribution in [0, 0.1) is 13.8 Å². The second-order valence-corrected chi connectivity index (χ2v) is 4.84. The summed E-state index contributed by atoms with van der Waals surface area (Å²) >= 11 is 0. The number of aryl methyl sites for hydroxylation is 4. The van der Waals surface area contributed by atoms with Crippen LogP contribution in [0.25, 0.3) is 0 Å². The molecular formula is C14H21N5O. The highest BCUT2D eigenvalue weighted by Crippen LogP contribution is 2.02. The molecular weight excluding hydrogens is 254 g/mol. The Hall–Kier alpha value is -2.11. The topological polar surface area (TPSA) is 64.7 Å². The summed E-state index contributed by atoms with van der Waals surface area (Å²) < 4.78 is 3.71. The second kappa shape index (κ2) is 6.36. The van der Waals surface area contributed by atoms with Gasteiger partial charge in [0.25, 0.3) is 0 Å². The van der Waals surface area contributed by atoms with Crippen molar-refractivity contribution in [2.24, 2.45) is 0 Å². The number of carbonyl (C=O) groups is 1. The lowest BCUT2D eigenvalue weighted by molar-refractivity contribution is -0.121. The first-order valence-corrected chi connectivity index (χ1v) is 6.88. The van der Waals surface area contributed by atoms with E-state index in [0.717, 1.165) is 23.6 Å². The minimum Gasteiger partial charge on any atom is -0.350 e. The van der Waals surface area contributed by atoms with E-state index in [2.05, 4.69) is 15.5 Å². The number of hydrogen-bond acceptors (Lipinski definition) is 3. The third kappa shape index (κ3) is 3.69. The molecule has 0 saturated heterocycles. The van der Waals surface area contributed by atoms with Crippen LogP contribution in [0.15, 0.2) is 18.3 Å². The summed E-state index contributed by atoms with van der Waals surface area (Å²) in [5.41, 5.74) is 2.94. The molecule has 1 amide bonds. The Morgan fingerprint density at radius 1 is 1.35 bits per heavy atom. The third-order valence-corrected chi connectivity index (χ3v) is 3.14. The van der Waals surface area contributed by atoms with Gasteiger partial charge in [-0.1, -0.05) is 0 Å². The molecule has 0 atom stereocenters. The van der Waals surface area contributed by atoms with Crippen molar-refractivity contribution in [3.05, 3.63) is 35.4 Å². The zero-order valence-electron chi connectivity index (χ0n) is 12.3. The van der Waals surface area contributed by atoms with Crippen molar-refractivity contribution in [3.63, 3.8) is 0 Å². The molecule has 2 aromatic heterocycles. The van der Waals surface area contributed by atoms with Crippen molar-refractivity contribution in [1.29, 1.82) is 0 Å². The molecule has 0 spiro atoms. The van der Waals surface area contributed by atoms with Crippen molar-refractivity contribution in [3.8, 4) is 0 Å². The fraction of sp³-hybridized carbons (Fsp3) is 0.500. The molecule has 2 rings (SSSR count). The van der Waals surface area contributed by atoms with Crippen molar-refractivity contribution in [1.82, 2.24) is 24.9 Å². The van der Waals surface area contributed by atoms with Gasteiger partial charge in [-0.3, -0.25) is 14.2 Å². The molecule has 0 radical (unpaired) electrons. The van der Waals surface area contributed by atoms with Crippen LogP contribution in [0.5, 0.6) is 0 Å². The van der Waals surface area contributed by atoms with E-state index in [1.54, 1.807) is 0 Å². The van der Waals surface area contributed by atoms with Crippen LogP contribution in [0.4, 0.5) is 0 Å².